The quantitative estimate of drug-likeness (QED) is 0.730. The van der Waals surface area contributed by atoms with E-state index >= 15 is 0 Å². The zero-order chi connectivity index (χ0) is 17.0. The summed E-state index contributed by atoms with van der Waals surface area (Å²) in [6.07, 6.45) is 0. The molecule has 0 spiro atoms. The van der Waals surface area contributed by atoms with Crippen molar-refractivity contribution in [1.82, 2.24) is 0 Å². The Morgan fingerprint density at radius 2 is 1.96 bits per heavy atom. The first-order valence-electron chi connectivity index (χ1n) is 6.24. The maximum Gasteiger partial charge on any atom is 0.340 e. The topological polar surface area (TPSA) is 55.4 Å². The van der Waals surface area contributed by atoms with Crippen molar-refractivity contribution in [3.8, 4) is 0 Å². The van der Waals surface area contributed by atoms with Crippen molar-refractivity contribution in [3.05, 3.63) is 62.3 Å². The summed E-state index contributed by atoms with van der Waals surface area (Å²) in [5.41, 5.74) is 0.0248. The van der Waals surface area contributed by atoms with Crippen LogP contribution in [0.3, 0.4) is 0 Å². The van der Waals surface area contributed by atoms with Gasteiger partial charge in [-0.05, 0) is 30.3 Å². The minimum absolute atomic E-state index is 0.0185. The lowest BCUT2D eigenvalue weighted by Crippen LogP contribution is -2.21. The molecule has 0 saturated carbocycles. The standard InChI is InChI=1S/C15H9BrCl2FNO3/c16-8-4-5-12(11(19)6-8)20-13(21)7-23-15(22)9-2-1-3-10(17)14(9)18/h1-6H,7H2,(H,20,21). The number of nitrogens with one attached hydrogen (secondary N) is 1. The Hall–Kier alpha value is -1.63. The first kappa shape index (κ1) is 17.7. The molecule has 2 aromatic rings. The highest BCUT2D eigenvalue weighted by molar-refractivity contribution is 9.10. The van der Waals surface area contributed by atoms with Gasteiger partial charge in [0.1, 0.15) is 5.82 Å². The molecule has 8 heteroatoms. The Bertz CT molecular complexity index is 770. The Labute approximate surface area is 149 Å². The van der Waals surface area contributed by atoms with Gasteiger partial charge in [-0.2, -0.15) is 0 Å². The largest absolute Gasteiger partial charge is 0.452 e. The minimum atomic E-state index is -0.802. The number of anilines is 1. The molecule has 2 aromatic carbocycles. The van der Waals surface area contributed by atoms with E-state index in [4.69, 9.17) is 27.9 Å². The molecular weight excluding hydrogens is 412 g/mol. The third-order valence-corrected chi connectivity index (χ3v) is 4.02. The molecule has 1 amide bonds. The molecule has 2 rings (SSSR count). The minimum Gasteiger partial charge on any atom is -0.452 e. The summed E-state index contributed by atoms with van der Waals surface area (Å²) in [7, 11) is 0. The third-order valence-electron chi connectivity index (χ3n) is 2.71. The number of benzene rings is 2. The van der Waals surface area contributed by atoms with Crippen molar-refractivity contribution in [3.63, 3.8) is 0 Å². The van der Waals surface area contributed by atoms with Crippen LogP contribution in [0.25, 0.3) is 0 Å². The second-order valence-corrected chi connectivity index (χ2v) is 6.05. The number of hydrogen-bond donors (Lipinski definition) is 1. The van der Waals surface area contributed by atoms with E-state index in [9.17, 15) is 14.0 Å². The van der Waals surface area contributed by atoms with Gasteiger partial charge in [0.05, 0.1) is 21.3 Å². The molecule has 1 N–H and O–H groups in total. The van der Waals surface area contributed by atoms with Gasteiger partial charge in [-0.25, -0.2) is 9.18 Å². The van der Waals surface area contributed by atoms with Crippen molar-refractivity contribution in [2.45, 2.75) is 0 Å². The van der Waals surface area contributed by atoms with Crippen LogP contribution in [-0.4, -0.2) is 18.5 Å². The number of hydrogen-bond acceptors (Lipinski definition) is 3. The summed E-state index contributed by atoms with van der Waals surface area (Å²) in [5, 5.41) is 2.54. The zero-order valence-electron chi connectivity index (χ0n) is 11.4. The summed E-state index contributed by atoms with van der Waals surface area (Å²) in [6, 6.07) is 8.62. The molecule has 0 atom stereocenters. The smallest absolute Gasteiger partial charge is 0.340 e. The SMILES string of the molecule is O=C(COC(=O)c1cccc(Cl)c1Cl)Nc1ccc(Br)cc1F. The van der Waals surface area contributed by atoms with Crippen LogP contribution in [0, 0.1) is 5.82 Å². The number of carbonyl (C=O) groups is 2. The molecule has 0 fully saturated rings. The van der Waals surface area contributed by atoms with Gasteiger partial charge in [0.25, 0.3) is 5.91 Å². The molecule has 23 heavy (non-hydrogen) atoms. The highest BCUT2D eigenvalue weighted by Gasteiger charge is 2.16. The van der Waals surface area contributed by atoms with E-state index in [1.54, 1.807) is 6.07 Å². The highest BCUT2D eigenvalue weighted by Crippen LogP contribution is 2.26. The molecule has 0 heterocycles. The number of ether oxygens (including phenoxy) is 1. The van der Waals surface area contributed by atoms with Gasteiger partial charge in [-0.15, -0.1) is 0 Å². The van der Waals surface area contributed by atoms with Crippen LogP contribution >= 0.6 is 39.1 Å². The van der Waals surface area contributed by atoms with Crippen molar-refractivity contribution in [1.29, 1.82) is 0 Å². The number of halogens is 4. The summed E-state index contributed by atoms with van der Waals surface area (Å²) in [4.78, 5) is 23.6. The Morgan fingerprint density at radius 3 is 2.65 bits per heavy atom. The zero-order valence-corrected chi connectivity index (χ0v) is 14.5. The van der Waals surface area contributed by atoms with Gasteiger partial charge in [0, 0.05) is 4.47 Å². The van der Waals surface area contributed by atoms with Crippen molar-refractivity contribution < 1.29 is 18.7 Å². The first-order valence-corrected chi connectivity index (χ1v) is 7.79. The van der Waals surface area contributed by atoms with Crippen LogP contribution in [0.2, 0.25) is 10.0 Å². The maximum absolute atomic E-state index is 13.6. The summed E-state index contributed by atoms with van der Waals surface area (Å²) in [5.74, 6) is -2.10. The van der Waals surface area contributed by atoms with Crippen LogP contribution < -0.4 is 5.32 Å². The van der Waals surface area contributed by atoms with E-state index in [1.165, 1.54) is 30.3 Å². The first-order chi connectivity index (χ1) is 10.9. The van der Waals surface area contributed by atoms with Gasteiger partial charge >= 0.3 is 5.97 Å². The van der Waals surface area contributed by atoms with Crippen molar-refractivity contribution in [2.75, 3.05) is 11.9 Å². The van der Waals surface area contributed by atoms with Crippen molar-refractivity contribution in [2.24, 2.45) is 0 Å². The summed E-state index contributed by atoms with van der Waals surface area (Å²) < 4.78 is 19.0. The molecule has 0 saturated heterocycles. The molecule has 0 radical (unpaired) electrons. The Balaban J connectivity index is 1.96. The predicted molar refractivity (Wildman–Crippen MR) is 89.5 cm³/mol. The Kier molecular flexibility index (Phi) is 5.98. The van der Waals surface area contributed by atoms with E-state index in [2.05, 4.69) is 21.2 Å². The highest BCUT2D eigenvalue weighted by atomic mass is 79.9. The van der Waals surface area contributed by atoms with Crippen molar-refractivity contribution >= 4 is 56.7 Å². The van der Waals surface area contributed by atoms with Gasteiger partial charge in [0.15, 0.2) is 6.61 Å². The van der Waals surface area contributed by atoms with Gasteiger partial charge in [-0.1, -0.05) is 45.2 Å². The maximum atomic E-state index is 13.6. The van der Waals surface area contributed by atoms with E-state index in [0.29, 0.717) is 4.47 Å². The molecule has 4 nitrogen and oxygen atoms in total. The second kappa shape index (κ2) is 7.77. The monoisotopic (exact) mass is 419 g/mol. The fraction of sp³-hybridized carbons (Fsp3) is 0.0667. The van der Waals surface area contributed by atoms with E-state index in [1.807, 2.05) is 0 Å². The number of amides is 1. The van der Waals surface area contributed by atoms with Gasteiger partial charge < -0.3 is 10.1 Å². The average Bonchev–Trinajstić information content (AvgIpc) is 2.50. The van der Waals surface area contributed by atoms with Crippen LogP contribution in [0.5, 0.6) is 0 Å². The van der Waals surface area contributed by atoms with Crippen LogP contribution in [0.4, 0.5) is 10.1 Å². The molecule has 0 aromatic heterocycles. The number of carbonyl (C=O) groups excluding carboxylic acids is 2. The fourth-order valence-corrected chi connectivity index (χ4v) is 2.36. The lowest BCUT2D eigenvalue weighted by molar-refractivity contribution is -0.119. The average molecular weight is 421 g/mol. The molecule has 120 valence electrons. The number of esters is 1. The van der Waals surface area contributed by atoms with Crippen LogP contribution in [0.1, 0.15) is 10.4 Å². The summed E-state index contributed by atoms with van der Waals surface area (Å²) >= 11 is 14.8. The van der Waals surface area contributed by atoms with Crippen LogP contribution in [0.15, 0.2) is 40.9 Å². The van der Waals surface area contributed by atoms with Crippen LogP contribution in [-0.2, 0) is 9.53 Å². The van der Waals surface area contributed by atoms with Gasteiger partial charge in [-0.3, -0.25) is 4.79 Å². The molecular formula is C15H9BrCl2FNO3. The lowest BCUT2D eigenvalue weighted by atomic mass is 10.2. The fourth-order valence-electron chi connectivity index (χ4n) is 1.65. The normalized spacial score (nSPS) is 10.3. The lowest BCUT2D eigenvalue weighted by Gasteiger charge is -2.08. The van der Waals surface area contributed by atoms with E-state index in [0.717, 1.165) is 0 Å². The molecule has 0 aliphatic heterocycles. The van der Waals surface area contributed by atoms with E-state index in [-0.39, 0.29) is 21.3 Å². The van der Waals surface area contributed by atoms with Gasteiger partial charge in [0.2, 0.25) is 0 Å². The predicted octanol–water partition coefficient (Wildman–Crippen LogP) is 4.69. The molecule has 0 bridgehead atoms. The number of rotatable bonds is 4. The molecule has 0 unspecified atom stereocenters. The second-order valence-electron chi connectivity index (χ2n) is 4.35. The summed E-state index contributed by atoms with van der Waals surface area (Å²) in [6.45, 7) is -0.586. The molecule has 0 aliphatic rings. The Morgan fingerprint density at radius 1 is 1.22 bits per heavy atom. The van der Waals surface area contributed by atoms with E-state index < -0.39 is 24.3 Å². The third kappa shape index (κ3) is 4.67. The molecule has 0 aliphatic carbocycles.